The van der Waals surface area contributed by atoms with Crippen LogP contribution < -0.4 is 10.6 Å². The lowest BCUT2D eigenvalue weighted by molar-refractivity contribution is 0.0995. The molecule has 2 N–H and O–H groups in total. The fourth-order valence-corrected chi connectivity index (χ4v) is 2.06. The topological polar surface area (TPSA) is 80.0 Å². The third-order valence-corrected chi connectivity index (χ3v) is 3.18. The number of furan rings is 1. The lowest BCUT2D eigenvalue weighted by atomic mass is 10.2. The standard InChI is InChI=1S/C17H16N4O2/c1-11-9-16(19-10-18-11)20-13-4-6-14(7-5-13)21-17(22)15-8-3-12(2)23-15/h3-10H,1-2H3,(H,21,22)(H,18,19,20). The lowest BCUT2D eigenvalue weighted by Crippen LogP contribution is -2.10. The van der Waals surface area contributed by atoms with Gasteiger partial charge < -0.3 is 15.1 Å². The van der Waals surface area contributed by atoms with Crippen molar-refractivity contribution in [2.75, 3.05) is 10.6 Å². The monoisotopic (exact) mass is 308 g/mol. The van der Waals surface area contributed by atoms with E-state index < -0.39 is 0 Å². The summed E-state index contributed by atoms with van der Waals surface area (Å²) in [4.78, 5) is 20.2. The molecule has 6 nitrogen and oxygen atoms in total. The highest BCUT2D eigenvalue weighted by Gasteiger charge is 2.10. The molecule has 0 aliphatic heterocycles. The summed E-state index contributed by atoms with van der Waals surface area (Å²) in [5.74, 6) is 1.45. The molecule has 0 saturated heterocycles. The molecule has 0 radical (unpaired) electrons. The van der Waals surface area contributed by atoms with Crippen molar-refractivity contribution in [3.8, 4) is 0 Å². The van der Waals surface area contributed by atoms with Gasteiger partial charge in [0.1, 0.15) is 17.9 Å². The number of nitrogens with zero attached hydrogens (tertiary/aromatic N) is 2. The summed E-state index contributed by atoms with van der Waals surface area (Å²) >= 11 is 0. The van der Waals surface area contributed by atoms with Crippen LogP contribution in [0, 0.1) is 13.8 Å². The van der Waals surface area contributed by atoms with Crippen molar-refractivity contribution in [2.24, 2.45) is 0 Å². The van der Waals surface area contributed by atoms with Gasteiger partial charge in [0.25, 0.3) is 5.91 Å². The van der Waals surface area contributed by atoms with Crippen molar-refractivity contribution in [1.82, 2.24) is 9.97 Å². The van der Waals surface area contributed by atoms with Gasteiger partial charge in [0.2, 0.25) is 0 Å². The zero-order valence-corrected chi connectivity index (χ0v) is 12.8. The molecule has 2 aromatic heterocycles. The zero-order chi connectivity index (χ0) is 16.2. The second-order valence-corrected chi connectivity index (χ2v) is 5.11. The lowest BCUT2D eigenvalue weighted by Gasteiger charge is -2.07. The second-order valence-electron chi connectivity index (χ2n) is 5.11. The molecule has 0 bridgehead atoms. The number of aromatic nitrogens is 2. The van der Waals surface area contributed by atoms with E-state index in [1.165, 1.54) is 6.33 Å². The Labute approximate surface area is 133 Å². The third kappa shape index (κ3) is 3.74. The van der Waals surface area contributed by atoms with Crippen molar-refractivity contribution >= 4 is 23.1 Å². The molecule has 3 rings (SSSR count). The summed E-state index contributed by atoms with van der Waals surface area (Å²) in [6, 6.07) is 12.6. The second kappa shape index (κ2) is 6.31. The van der Waals surface area contributed by atoms with Crippen molar-refractivity contribution in [1.29, 1.82) is 0 Å². The summed E-state index contributed by atoms with van der Waals surface area (Å²) in [7, 11) is 0. The molecular weight excluding hydrogens is 292 g/mol. The van der Waals surface area contributed by atoms with E-state index in [0.717, 1.165) is 17.2 Å². The number of nitrogens with one attached hydrogen (secondary N) is 2. The van der Waals surface area contributed by atoms with Crippen LogP contribution in [-0.2, 0) is 0 Å². The first kappa shape index (κ1) is 14.8. The molecule has 3 aromatic rings. The van der Waals surface area contributed by atoms with Gasteiger partial charge in [0.05, 0.1) is 0 Å². The van der Waals surface area contributed by atoms with Gasteiger partial charge in [-0.05, 0) is 50.2 Å². The van der Waals surface area contributed by atoms with Gasteiger partial charge in [-0.1, -0.05) is 0 Å². The maximum atomic E-state index is 12.0. The Morgan fingerprint density at radius 2 is 1.74 bits per heavy atom. The Balaban J connectivity index is 1.66. The molecule has 0 unspecified atom stereocenters. The first-order valence-electron chi connectivity index (χ1n) is 7.14. The normalized spacial score (nSPS) is 10.3. The fraction of sp³-hybridized carbons (Fsp3) is 0.118. The summed E-state index contributed by atoms with van der Waals surface area (Å²) in [6.45, 7) is 3.70. The largest absolute Gasteiger partial charge is 0.456 e. The number of carbonyl (C=O) groups is 1. The molecule has 0 aliphatic rings. The van der Waals surface area contributed by atoms with Crippen LogP contribution in [0.25, 0.3) is 0 Å². The fourth-order valence-electron chi connectivity index (χ4n) is 2.06. The minimum absolute atomic E-state index is 0.273. The number of benzene rings is 1. The molecule has 2 heterocycles. The van der Waals surface area contributed by atoms with Crippen LogP contribution in [0.15, 0.2) is 53.2 Å². The van der Waals surface area contributed by atoms with Gasteiger partial charge in [-0.3, -0.25) is 4.79 Å². The minimum Gasteiger partial charge on any atom is -0.456 e. The number of hydrogen-bond donors (Lipinski definition) is 2. The van der Waals surface area contributed by atoms with E-state index in [2.05, 4.69) is 20.6 Å². The van der Waals surface area contributed by atoms with Crippen molar-refractivity contribution in [2.45, 2.75) is 13.8 Å². The van der Waals surface area contributed by atoms with Crippen LogP contribution >= 0.6 is 0 Å². The SMILES string of the molecule is Cc1cc(Nc2ccc(NC(=O)c3ccc(C)o3)cc2)ncn1. The van der Waals surface area contributed by atoms with Gasteiger partial charge in [-0.25, -0.2) is 9.97 Å². The van der Waals surface area contributed by atoms with Crippen LogP contribution in [0.5, 0.6) is 0 Å². The molecule has 1 aromatic carbocycles. The summed E-state index contributed by atoms with van der Waals surface area (Å²) < 4.78 is 5.29. The molecule has 0 saturated carbocycles. The number of carbonyl (C=O) groups excluding carboxylic acids is 1. The minimum atomic E-state index is -0.273. The number of aryl methyl sites for hydroxylation is 2. The van der Waals surface area contributed by atoms with E-state index in [1.807, 2.05) is 37.3 Å². The molecule has 0 fully saturated rings. The molecule has 0 aliphatic carbocycles. The Bertz CT molecular complexity index is 825. The average molecular weight is 308 g/mol. The van der Waals surface area contributed by atoms with Gasteiger partial charge >= 0.3 is 0 Å². The molecule has 0 spiro atoms. The predicted octanol–water partition coefficient (Wildman–Crippen LogP) is 3.68. The highest BCUT2D eigenvalue weighted by molar-refractivity contribution is 6.02. The van der Waals surface area contributed by atoms with E-state index in [9.17, 15) is 4.79 Å². The number of amides is 1. The summed E-state index contributed by atoms with van der Waals surface area (Å²) in [5, 5.41) is 5.96. The smallest absolute Gasteiger partial charge is 0.291 e. The zero-order valence-electron chi connectivity index (χ0n) is 12.8. The maximum absolute atomic E-state index is 12.0. The molecule has 23 heavy (non-hydrogen) atoms. The van der Waals surface area contributed by atoms with Crippen molar-refractivity contribution in [3.63, 3.8) is 0 Å². The molecule has 6 heteroatoms. The highest BCUT2D eigenvalue weighted by atomic mass is 16.3. The van der Waals surface area contributed by atoms with E-state index in [1.54, 1.807) is 19.1 Å². The quantitative estimate of drug-likeness (QED) is 0.768. The van der Waals surface area contributed by atoms with E-state index >= 15 is 0 Å². The molecule has 0 atom stereocenters. The van der Waals surface area contributed by atoms with E-state index in [-0.39, 0.29) is 5.91 Å². The van der Waals surface area contributed by atoms with Crippen LogP contribution in [0.1, 0.15) is 22.0 Å². The average Bonchev–Trinajstić information content (AvgIpc) is 2.96. The predicted molar refractivity (Wildman–Crippen MR) is 87.9 cm³/mol. The Morgan fingerprint density at radius 1 is 1.00 bits per heavy atom. The van der Waals surface area contributed by atoms with Gasteiger partial charge in [0, 0.05) is 23.1 Å². The first-order chi connectivity index (χ1) is 11.1. The van der Waals surface area contributed by atoms with Crippen LogP contribution in [-0.4, -0.2) is 15.9 Å². The molecule has 1 amide bonds. The van der Waals surface area contributed by atoms with Gasteiger partial charge in [-0.2, -0.15) is 0 Å². The number of hydrogen-bond acceptors (Lipinski definition) is 5. The number of rotatable bonds is 4. The van der Waals surface area contributed by atoms with Crippen LogP contribution in [0.2, 0.25) is 0 Å². The van der Waals surface area contributed by atoms with Gasteiger partial charge in [0.15, 0.2) is 5.76 Å². The Hall–Kier alpha value is -3.15. The number of anilines is 3. The third-order valence-electron chi connectivity index (χ3n) is 3.18. The molecular formula is C17H16N4O2. The van der Waals surface area contributed by atoms with Crippen LogP contribution in [0.3, 0.4) is 0 Å². The van der Waals surface area contributed by atoms with Crippen molar-refractivity contribution in [3.05, 3.63) is 66.0 Å². The Morgan fingerprint density at radius 3 is 2.39 bits per heavy atom. The summed E-state index contributed by atoms with van der Waals surface area (Å²) in [6.07, 6.45) is 1.51. The summed E-state index contributed by atoms with van der Waals surface area (Å²) in [5.41, 5.74) is 2.45. The van der Waals surface area contributed by atoms with E-state index in [0.29, 0.717) is 17.2 Å². The van der Waals surface area contributed by atoms with E-state index in [4.69, 9.17) is 4.42 Å². The Kier molecular flexibility index (Phi) is 4.05. The maximum Gasteiger partial charge on any atom is 0.291 e. The van der Waals surface area contributed by atoms with Crippen LogP contribution in [0.4, 0.5) is 17.2 Å². The first-order valence-corrected chi connectivity index (χ1v) is 7.14. The molecule has 116 valence electrons. The van der Waals surface area contributed by atoms with Gasteiger partial charge in [-0.15, -0.1) is 0 Å². The van der Waals surface area contributed by atoms with Crippen molar-refractivity contribution < 1.29 is 9.21 Å². The highest BCUT2D eigenvalue weighted by Crippen LogP contribution is 2.18.